The number of hydrogen-bond donors (Lipinski definition) is 1. The first-order valence-electron chi connectivity index (χ1n) is 1.24. The van der Waals surface area contributed by atoms with Crippen LogP contribution in [0.1, 0.15) is 0 Å². The van der Waals surface area contributed by atoms with Gasteiger partial charge in [0.1, 0.15) is 6.23 Å². The van der Waals surface area contributed by atoms with E-state index in [-0.39, 0.29) is 6.23 Å². The highest BCUT2D eigenvalue weighted by atomic mass is 16.3. The third kappa shape index (κ3) is 0.191. The first-order valence-corrected chi connectivity index (χ1v) is 1.24. The Balaban J connectivity index is 2.17. The molecular weight excluding hydrogens is 54.0 g/mol. The van der Waals surface area contributed by atoms with E-state index in [0.29, 0.717) is 6.54 Å². The molecule has 0 spiro atoms. The van der Waals surface area contributed by atoms with Crippen molar-refractivity contribution in [1.29, 1.82) is 0 Å². The van der Waals surface area contributed by atoms with Gasteiger partial charge in [-0.05, 0) is 0 Å². The predicted molar refractivity (Wildman–Crippen MR) is 13.0 cm³/mol. The van der Waals surface area contributed by atoms with E-state index in [4.69, 9.17) is 5.11 Å². The van der Waals surface area contributed by atoms with E-state index < -0.39 is 0 Å². The second-order valence-corrected chi connectivity index (χ2v) is 0.846. The summed E-state index contributed by atoms with van der Waals surface area (Å²) in [6.07, 6.45) is -0.292. The molecule has 0 bridgehead atoms. The maximum Gasteiger partial charge on any atom is 0.134 e. The maximum absolute atomic E-state index is 8.00. The van der Waals surface area contributed by atoms with Crippen LogP contribution in [0.5, 0.6) is 0 Å². The molecule has 0 aromatic rings. The topological polar surface area (TPSA) is 34.3 Å². The zero-order valence-electron chi connectivity index (χ0n) is 2.18. The van der Waals surface area contributed by atoms with Crippen molar-refractivity contribution in [3.8, 4) is 0 Å². The van der Waals surface area contributed by atoms with Crippen molar-refractivity contribution < 1.29 is 5.11 Å². The van der Waals surface area contributed by atoms with Crippen LogP contribution in [-0.4, -0.2) is 17.9 Å². The zero-order chi connectivity index (χ0) is 2.99. The number of aliphatic hydroxyl groups excluding tert-OH is 1. The van der Waals surface area contributed by atoms with Crippen LogP contribution in [0.25, 0.3) is 0 Å². The number of rotatable bonds is 0. The molecule has 0 aromatic heterocycles. The third-order valence-electron chi connectivity index (χ3n) is 0.346. The van der Waals surface area contributed by atoms with Gasteiger partial charge in [-0.2, -0.15) is 0 Å². The fourth-order valence-electron chi connectivity index (χ4n) is 0.0471. The molecule has 1 aliphatic heterocycles. The summed E-state index contributed by atoms with van der Waals surface area (Å²) in [5, 5.41) is 11.5. The van der Waals surface area contributed by atoms with E-state index in [1.54, 1.807) is 0 Å². The summed E-state index contributed by atoms with van der Waals surface area (Å²) in [5.41, 5.74) is 0. The normalized spacial score (nSPS) is 39.8. The molecule has 4 heavy (non-hydrogen) atoms. The van der Waals surface area contributed by atoms with Crippen LogP contribution in [0.15, 0.2) is 0 Å². The van der Waals surface area contributed by atoms with Crippen molar-refractivity contribution in [2.45, 2.75) is 6.23 Å². The molecule has 1 atom stereocenters. The van der Waals surface area contributed by atoms with E-state index in [0.717, 1.165) is 0 Å². The minimum atomic E-state index is -0.292. The lowest BCUT2D eigenvalue weighted by atomic mass is 10.9. The number of aliphatic hydroxyl groups is 1. The Morgan fingerprint density at radius 1 is 2.00 bits per heavy atom. The Morgan fingerprint density at radius 3 is 2.25 bits per heavy atom. The van der Waals surface area contributed by atoms with Crippen LogP contribution in [0.4, 0.5) is 0 Å². The molecule has 1 unspecified atom stereocenters. The van der Waals surface area contributed by atoms with Gasteiger partial charge >= 0.3 is 0 Å². The van der Waals surface area contributed by atoms with Crippen molar-refractivity contribution in [3.63, 3.8) is 0 Å². The summed E-state index contributed by atoms with van der Waals surface area (Å²) >= 11 is 0. The Hall–Kier alpha value is -0.0800. The summed E-state index contributed by atoms with van der Waals surface area (Å²) in [5.74, 6) is 0. The summed E-state index contributed by atoms with van der Waals surface area (Å²) in [6, 6.07) is 0. The van der Waals surface area contributed by atoms with E-state index in [1.807, 2.05) is 0 Å². The van der Waals surface area contributed by atoms with Gasteiger partial charge in [0.2, 0.25) is 0 Å². The Bertz CT molecular complexity index is 25.2. The predicted octanol–water partition coefficient (Wildman–Crippen LogP) is -1.08. The summed E-state index contributed by atoms with van der Waals surface area (Å²) < 4.78 is 0. The van der Waals surface area contributed by atoms with Gasteiger partial charge in [0, 0.05) is 0 Å². The van der Waals surface area contributed by atoms with Crippen molar-refractivity contribution in [1.82, 2.24) is 5.32 Å². The standard InChI is InChI=1S/C2H4NO/c4-2-1-3-2/h2,4H,1H2. The van der Waals surface area contributed by atoms with Gasteiger partial charge in [0.25, 0.3) is 0 Å². The molecule has 2 nitrogen and oxygen atoms in total. The molecule has 23 valence electrons. The molecule has 1 heterocycles. The molecule has 0 aromatic carbocycles. The molecule has 0 amide bonds. The highest BCUT2D eigenvalue weighted by Crippen LogP contribution is 1.89. The van der Waals surface area contributed by atoms with E-state index in [1.165, 1.54) is 0 Å². The third-order valence-corrected chi connectivity index (χ3v) is 0.346. The van der Waals surface area contributed by atoms with Crippen molar-refractivity contribution >= 4 is 0 Å². The molecule has 1 aliphatic rings. The molecule has 0 aliphatic carbocycles. The molecule has 1 fully saturated rings. The molecule has 1 radical (unpaired) electrons. The van der Waals surface area contributed by atoms with E-state index in [2.05, 4.69) is 5.32 Å². The van der Waals surface area contributed by atoms with Crippen LogP contribution >= 0.6 is 0 Å². The van der Waals surface area contributed by atoms with Crippen LogP contribution in [0, 0.1) is 0 Å². The second-order valence-electron chi connectivity index (χ2n) is 0.846. The average Bonchev–Trinajstić information content (AvgIpc) is 1.75. The fourth-order valence-corrected chi connectivity index (χ4v) is 0.0471. The van der Waals surface area contributed by atoms with Crippen molar-refractivity contribution in [2.75, 3.05) is 6.54 Å². The minimum absolute atomic E-state index is 0.292. The maximum atomic E-state index is 8.00. The van der Waals surface area contributed by atoms with Crippen LogP contribution < -0.4 is 5.32 Å². The average molecular weight is 58.1 g/mol. The molecule has 1 rings (SSSR count). The van der Waals surface area contributed by atoms with Gasteiger partial charge in [-0.25, -0.2) is 5.32 Å². The molecule has 0 saturated carbocycles. The zero-order valence-corrected chi connectivity index (χ0v) is 2.18. The summed E-state index contributed by atoms with van der Waals surface area (Å²) in [7, 11) is 0. The van der Waals surface area contributed by atoms with Crippen LogP contribution in [0.3, 0.4) is 0 Å². The van der Waals surface area contributed by atoms with Crippen molar-refractivity contribution in [2.24, 2.45) is 0 Å². The smallest absolute Gasteiger partial charge is 0.134 e. The molecule has 1 N–H and O–H groups in total. The summed E-state index contributed by atoms with van der Waals surface area (Å²) in [6.45, 7) is 0.667. The first-order chi connectivity index (χ1) is 1.89. The van der Waals surface area contributed by atoms with Crippen LogP contribution in [0.2, 0.25) is 0 Å². The van der Waals surface area contributed by atoms with Crippen LogP contribution in [-0.2, 0) is 0 Å². The lowest BCUT2D eigenvalue weighted by Crippen LogP contribution is -1.74. The lowest BCUT2D eigenvalue weighted by Gasteiger charge is -1.54. The Morgan fingerprint density at radius 2 is 2.25 bits per heavy atom. The number of nitrogens with zero attached hydrogens (tertiary/aromatic N) is 1. The Kier molecular flexibility index (Phi) is 0.242. The number of hydrogen-bond acceptors (Lipinski definition) is 1. The van der Waals surface area contributed by atoms with Crippen molar-refractivity contribution in [3.05, 3.63) is 0 Å². The minimum Gasteiger partial charge on any atom is -0.376 e. The van der Waals surface area contributed by atoms with Gasteiger partial charge in [-0.3, -0.25) is 0 Å². The largest absolute Gasteiger partial charge is 0.376 e. The fraction of sp³-hybridized carbons (Fsp3) is 1.00. The SMILES string of the molecule is OC1C[N]1. The molecule has 1 saturated heterocycles. The van der Waals surface area contributed by atoms with Gasteiger partial charge in [-0.15, -0.1) is 0 Å². The highest BCUT2D eigenvalue weighted by Gasteiger charge is 2.16. The highest BCUT2D eigenvalue weighted by molar-refractivity contribution is 4.67. The lowest BCUT2D eigenvalue weighted by molar-refractivity contribution is 0.272. The first kappa shape index (κ1) is 2.18. The monoisotopic (exact) mass is 58.0 g/mol. The summed E-state index contributed by atoms with van der Waals surface area (Å²) in [4.78, 5) is 0. The van der Waals surface area contributed by atoms with Gasteiger partial charge in [-0.1, -0.05) is 0 Å². The quantitative estimate of drug-likeness (QED) is 0.353. The van der Waals surface area contributed by atoms with Gasteiger partial charge in [0.15, 0.2) is 0 Å². The van der Waals surface area contributed by atoms with Gasteiger partial charge < -0.3 is 5.11 Å². The Labute approximate surface area is 24.4 Å². The van der Waals surface area contributed by atoms with Gasteiger partial charge in [0.05, 0.1) is 6.54 Å². The second kappa shape index (κ2) is 0.445. The van der Waals surface area contributed by atoms with E-state index >= 15 is 0 Å². The molecular formula is C2H4NO. The van der Waals surface area contributed by atoms with E-state index in [9.17, 15) is 0 Å². The molecule has 2 heteroatoms.